The molecule has 1 aliphatic heterocycles. The molecular formula is C8H18NO+. The highest BCUT2D eigenvalue weighted by Crippen LogP contribution is 2.05. The third-order valence-corrected chi connectivity index (χ3v) is 2.34. The van der Waals surface area contributed by atoms with Gasteiger partial charge >= 0.3 is 0 Å². The predicted molar refractivity (Wildman–Crippen MR) is 41.0 cm³/mol. The van der Waals surface area contributed by atoms with Crippen LogP contribution in [-0.2, 0) is 0 Å². The van der Waals surface area contributed by atoms with Crippen LogP contribution >= 0.6 is 0 Å². The van der Waals surface area contributed by atoms with Crippen molar-refractivity contribution in [3.05, 3.63) is 0 Å². The first-order chi connectivity index (χ1) is 4.72. The van der Waals surface area contributed by atoms with Gasteiger partial charge in [-0.15, -0.1) is 0 Å². The number of aliphatic hydroxyl groups excluding tert-OH is 1. The van der Waals surface area contributed by atoms with Crippen LogP contribution in [0.3, 0.4) is 0 Å². The number of piperidine rings is 1. The summed E-state index contributed by atoms with van der Waals surface area (Å²) in [5.41, 5.74) is 0. The molecule has 0 spiro atoms. The number of nitrogens with one attached hydrogen (secondary N) is 1. The van der Waals surface area contributed by atoms with E-state index < -0.39 is 0 Å². The average molecular weight is 144 g/mol. The van der Waals surface area contributed by atoms with Gasteiger partial charge < -0.3 is 10.0 Å². The Morgan fingerprint density at radius 2 is 2.20 bits per heavy atom. The van der Waals surface area contributed by atoms with E-state index in [4.69, 9.17) is 0 Å². The first-order valence-corrected chi connectivity index (χ1v) is 4.24. The maximum absolute atomic E-state index is 9.36. The number of rotatable bonds is 1. The van der Waals surface area contributed by atoms with E-state index in [1.807, 2.05) is 0 Å². The van der Waals surface area contributed by atoms with Crippen molar-refractivity contribution in [2.75, 3.05) is 19.6 Å². The first kappa shape index (κ1) is 8.02. The molecule has 10 heavy (non-hydrogen) atoms. The zero-order chi connectivity index (χ0) is 7.56. The Labute approximate surface area is 62.8 Å². The van der Waals surface area contributed by atoms with E-state index in [0.29, 0.717) is 5.92 Å². The van der Waals surface area contributed by atoms with Crippen LogP contribution in [0.25, 0.3) is 0 Å². The Balaban J connectivity index is 2.35. The van der Waals surface area contributed by atoms with Crippen LogP contribution in [0.2, 0.25) is 0 Å². The third-order valence-electron chi connectivity index (χ3n) is 2.34. The van der Waals surface area contributed by atoms with Crippen LogP contribution in [0.1, 0.15) is 20.3 Å². The Bertz CT molecular complexity index is 95.4. The lowest BCUT2D eigenvalue weighted by molar-refractivity contribution is -0.910. The molecule has 1 saturated heterocycles. The van der Waals surface area contributed by atoms with Gasteiger partial charge in [-0.3, -0.25) is 0 Å². The van der Waals surface area contributed by atoms with Crippen molar-refractivity contribution in [2.24, 2.45) is 5.92 Å². The number of quaternary nitrogens is 1. The summed E-state index contributed by atoms with van der Waals surface area (Å²) in [4.78, 5) is 1.55. The molecule has 0 aromatic rings. The fourth-order valence-electron chi connectivity index (χ4n) is 1.83. The molecule has 2 heteroatoms. The largest absolute Gasteiger partial charge is 0.387 e. The number of likely N-dealkylation sites (tertiary alicyclic amines) is 1. The van der Waals surface area contributed by atoms with Gasteiger partial charge in [0.15, 0.2) is 0 Å². The predicted octanol–water partition coefficient (Wildman–Crippen LogP) is -0.708. The summed E-state index contributed by atoms with van der Waals surface area (Å²) in [6.45, 7) is 7.76. The lowest BCUT2D eigenvalue weighted by Gasteiger charge is -2.30. The first-order valence-electron chi connectivity index (χ1n) is 4.24. The van der Waals surface area contributed by atoms with Crippen LogP contribution in [0.4, 0.5) is 0 Å². The van der Waals surface area contributed by atoms with Gasteiger partial charge in [-0.25, -0.2) is 0 Å². The molecule has 0 aliphatic carbocycles. The second kappa shape index (κ2) is 3.35. The zero-order valence-electron chi connectivity index (χ0n) is 6.93. The topological polar surface area (TPSA) is 24.7 Å². The minimum Gasteiger partial charge on any atom is -0.387 e. The Morgan fingerprint density at radius 3 is 2.70 bits per heavy atom. The summed E-state index contributed by atoms with van der Waals surface area (Å²) in [6.07, 6.45) is 0.961. The van der Waals surface area contributed by atoms with Crippen LogP contribution in [-0.4, -0.2) is 30.8 Å². The maximum Gasteiger partial charge on any atom is 0.103 e. The van der Waals surface area contributed by atoms with Crippen molar-refractivity contribution in [3.63, 3.8) is 0 Å². The Hall–Kier alpha value is -0.0800. The van der Waals surface area contributed by atoms with E-state index in [1.165, 1.54) is 6.54 Å². The summed E-state index contributed by atoms with van der Waals surface area (Å²) >= 11 is 0. The van der Waals surface area contributed by atoms with Crippen LogP contribution in [0.15, 0.2) is 0 Å². The Morgan fingerprint density at radius 1 is 1.50 bits per heavy atom. The minimum atomic E-state index is -0.0429. The van der Waals surface area contributed by atoms with Gasteiger partial charge in [0.05, 0.1) is 13.1 Å². The van der Waals surface area contributed by atoms with Crippen LogP contribution in [0.5, 0.6) is 0 Å². The van der Waals surface area contributed by atoms with Crippen molar-refractivity contribution in [1.82, 2.24) is 0 Å². The molecule has 1 heterocycles. The number of hydrogen-bond acceptors (Lipinski definition) is 1. The molecule has 0 saturated carbocycles. The molecule has 60 valence electrons. The number of hydrogen-bond donors (Lipinski definition) is 2. The van der Waals surface area contributed by atoms with E-state index in [1.54, 1.807) is 4.90 Å². The summed E-state index contributed by atoms with van der Waals surface area (Å²) in [6, 6.07) is 0. The highest BCUT2D eigenvalue weighted by molar-refractivity contribution is 4.63. The summed E-state index contributed by atoms with van der Waals surface area (Å²) < 4.78 is 0. The van der Waals surface area contributed by atoms with Crippen molar-refractivity contribution in [1.29, 1.82) is 0 Å². The van der Waals surface area contributed by atoms with E-state index in [2.05, 4.69) is 13.8 Å². The molecule has 1 unspecified atom stereocenters. The van der Waals surface area contributed by atoms with Gasteiger partial charge in [-0.1, -0.05) is 6.92 Å². The normalized spacial score (nSPS) is 41.7. The van der Waals surface area contributed by atoms with Gasteiger partial charge in [0.2, 0.25) is 0 Å². The van der Waals surface area contributed by atoms with Crippen LogP contribution < -0.4 is 4.90 Å². The molecule has 1 aliphatic rings. The molecule has 1 fully saturated rings. The van der Waals surface area contributed by atoms with E-state index in [0.717, 1.165) is 19.5 Å². The van der Waals surface area contributed by atoms with Crippen molar-refractivity contribution in [2.45, 2.75) is 26.4 Å². The molecular weight excluding hydrogens is 126 g/mol. The van der Waals surface area contributed by atoms with Crippen molar-refractivity contribution >= 4 is 0 Å². The minimum absolute atomic E-state index is 0.0429. The molecule has 0 amide bonds. The van der Waals surface area contributed by atoms with E-state index >= 15 is 0 Å². The lowest BCUT2D eigenvalue weighted by Crippen LogP contribution is -3.14. The molecule has 0 radical (unpaired) electrons. The number of aliphatic hydroxyl groups is 1. The van der Waals surface area contributed by atoms with Gasteiger partial charge in [0.25, 0.3) is 0 Å². The SMILES string of the molecule is CC[NH+]1C[C@@H](C)C[C@H](O)C1. The van der Waals surface area contributed by atoms with E-state index in [-0.39, 0.29) is 6.10 Å². The summed E-state index contributed by atoms with van der Waals surface area (Å²) in [7, 11) is 0. The molecule has 0 aromatic heterocycles. The average Bonchev–Trinajstić information content (AvgIpc) is 1.85. The fraction of sp³-hybridized carbons (Fsp3) is 1.00. The molecule has 0 bridgehead atoms. The standard InChI is InChI=1S/C8H17NO/c1-3-9-5-7(2)4-8(10)6-9/h7-8,10H,3-6H2,1-2H3/p+1/t7-,8-/m0/s1. The maximum atomic E-state index is 9.36. The smallest absolute Gasteiger partial charge is 0.103 e. The Kier molecular flexibility index (Phi) is 2.69. The molecule has 0 aromatic carbocycles. The fourth-order valence-corrected chi connectivity index (χ4v) is 1.83. The van der Waals surface area contributed by atoms with Gasteiger partial charge in [-0.05, 0) is 13.3 Å². The highest BCUT2D eigenvalue weighted by atomic mass is 16.3. The molecule has 2 N–H and O–H groups in total. The van der Waals surface area contributed by atoms with Crippen LogP contribution in [0, 0.1) is 5.92 Å². The summed E-state index contributed by atoms with van der Waals surface area (Å²) in [5, 5.41) is 9.36. The van der Waals surface area contributed by atoms with Gasteiger partial charge in [0.1, 0.15) is 12.6 Å². The highest BCUT2D eigenvalue weighted by Gasteiger charge is 2.24. The second-order valence-electron chi connectivity index (χ2n) is 3.51. The molecule has 1 rings (SSSR count). The van der Waals surface area contributed by atoms with E-state index in [9.17, 15) is 5.11 Å². The molecule has 2 nitrogen and oxygen atoms in total. The zero-order valence-corrected chi connectivity index (χ0v) is 6.93. The van der Waals surface area contributed by atoms with Gasteiger partial charge in [-0.2, -0.15) is 0 Å². The summed E-state index contributed by atoms with van der Waals surface area (Å²) in [5.74, 6) is 0.707. The monoisotopic (exact) mass is 144 g/mol. The number of likely N-dealkylation sites (N-methyl/N-ethyl adjacent to an activating group) is 1. The third kappa shape index (κ3) is 1.96. The van der Waals surface area contributed by atoms with Crippen molar-refractivity contribution in [3.8, 4) is 0 Å². The van der Waals surface area contributed by atoms with Crippen molar-refractivity contribution < 1.29 is 10.0 Å². The lowest BCUT2D eigenvalue weighted by atomic mass is 9.98. The quantitative estimate of drug-likeness (QED) is 0.499. The second-order valence-corrected chi connectivity index (χ2v) is 3.51. The molecule has 3 atom stereocenters. The van der Waals surface area contributed by atoms with Gasteiger partial charge in [0, 0.05) is 5.92 Å².